The average molecular weight is 345 g/mol. The Morgan fingerprint density at radius 3 is 2.73 bits per heavy atom. The number of rotatable bonds is 4. The van der Waals surface area contributed by atoms with Crippen LogP contribution in [0.3, 0.4) is 0 Å². The van der Waals surface area contributed by atoms with Crippen LogP contribution in [0.5, 0.6) is 5.75 Å². The third-order valence-electron chi connectivity index (χ3n) is 3.67. The fourth-order valence-electron chi connectivity index (χ4n) is 2.36. The van der Waals surface area contributed by atoms with Crippen LogP contribution in [0.1, 0.15) is 5.56 Å². The van der Waals surface area contributed by atoms with Crippen LogP contribution in [-0.4, -0.2) is 24.2 Å². The lowest BCUT2D eigenvalue weighted by Gasteiger charge is -2.06. The smallest absolute Gasteiger partial charge is 0.319 e. The predicted molar refractivity (Wildman–Crippen MR) is 103 cm³/mol. The van der Waals surface area contributed by atoms with E-state index in [4.69, 9.17) is 4.74 Å². The molecule has 130 valence electrons. The molecule has 2 aromatic carbocycles. The molecule has 5 nitrogen and oxygen atoms in total. The molecule has 0 aliphatic carbocycles. The first-order chi connectivity index (χ1) is 12.7. The topological polar surface area (TPSA) is 63.2 Å². The highest BCUT2D eigenvalue weighted by molar-refractivity contribution is 5.89. The van der Waals surface area contributed by atoms with E-state index in [9.17, 15) is 4.79 Å². The van der Waals surface area contributed by atoms with Gasteiger partial charge in [-0.05, 0) is 31.2 Å². The number of hydrogen-bond acceptors (Lipinski definition) is 3. The van der Waals surface area contributed by atoms with Crippen LogP contribution in [0.4, 0.5) is 10.5 Å². The van der Waals surface area contributed by atoms with Crippen LogP contribution in [0.2, 0.25) is 0 Å². The van der Waals surface area contributed by atoms with Crippen LogP contribution in [-0.2, 0) is 0 Å². The molecule has 0 unspecified atom stereocenters. The number of ether oxygens (including phenoxy) is 1. The molecule has 3 rings (SSSR count). The Morgan fingerprint density at radius 1 is 1.08 bits per heavy atom. The number of hydrogen-bond donors (Lipinski definition) is 2. The second-order valence-electron chi connectivity index (χ2n) is 5.65. The summed E-state index contributed by atoms with van der Waals surface area (Å²) in [7, 11) is 0. The first kappa shape index (κ1) is 17.3. The van der Waals surface area contributed by atoms with Gasteiger partial charge >= 0.3 is 6.03 Å². The molecule has 2 N–H and O–H groups in total. The molecule has 0 spiro atoms. The van der Waals surface area contributed by atoms with E-state index < -0.39 is 0 Å². The van der Waals surface area contributed by atoms with Crippen molar-refractivity contribution in [3.63, 3.8) is 0 Å². The van der Waals surface area contributed by atoms with Crippen molar-refractivity contribution in [3.05, 3.63) is 66.4 Å². The number of pyridine rings is 1. The minimum Gasteiger partial charge on any atom is -0.479 e. The van der Waals surface area contributed by atoms with Gasteiger partial charge in [-0.1, -0.05) is 47.7 Å². The van der Waals surface area contributed by atoms with Gasteiger partial charge in [0.25, 0.3) is 0 Å². The summed E-state index contributed by atoms with van der Waals surface area (Å²) in [6, 6.07) is 16.9. The van der Waals surface area contributed by atoms with Gasteiger partial charge in [0, 0.05) is 17.3 Å². The SMILES string of the molecule is Cc1ccc(NC(=O)NCC#CCOc2cccc3cccnc23)cc1. The van der Waals surface area contributed by atoms with E-state index in [1.54, 1.807) is 6.20 Å². The van der Waals surface area contributed by atoms with Gasteiger partial charge in [0.1, 0.15) is 17.9 Å². The van der Waals surface area contributed by atoms with Crippen LogP contribution < -0.4 is 15.4 Å². The second-order valence-corrected chi connectivity index (χ2v) is 5.65. The van der Waals surface area contributed by atoms with Gasteiger partial charge in [0.2, 0.25) is 0 Å². The van der Waals surface area contributed by atoms with E-state index in [0.29, 0.717) is 5.75 Å². The van der Waals surface area contributed by atoms with Crippen molar-refractivity contribution in [1.29, 1.82) is 0 Å². The number of carbonyl (C=O) groups is 1. The Balaban J connectivity index is 1.44. The lowest BCUT2D eigenvalue weighted by Crippen LogP contribution is -2.28. The summed E-state index contributed by atoms with van der Waals surface area (Å²) in [5, 5.41) is 6.45. The van der Waals surface area contributed by atoms with E-state index in [1.165, 1.54) is 0 Å². The van der Waals surface area contributed by atoms with Gasteiger partial charge in [0.05, 0.1) is 6.54 Å². The molecule has 0 saturated carbocycles. The van der Waals surface area contributed by atoms with E-state index in [0.717, 1.165) is 22.2 Å². The maximum atomic E-state index is 11.8. The predicted octanol–water partition coefficient (Wildman–Crippen LogP) is 3.75. The largest absolute Gasteiger partial charge is 0.479 e. The number of urea groups is 1. The zero-order valence-electron chi connectivity index (χ0n) is 14.5. The van der Waals surface area contributed by atoms with Gasteiger partial charge in [0.15, 0.2) is 0 Å². The molecule has 0 fully saturated rings. The molecular weight excluding hydrogens is 326 g/mol. The molecule has 1 aromatic heterocycles. The molecule has 0 saturated heterocycles. The van der Waals surface area contributed by atoms with Crippen molar-refractivity contribution >= 4 is 22.6 Å². The fraction of sp³-hybridized carbons (Fsp3) is 0.143. The van der Waals surface area contributed by atoms with E-state index in [2.05, 4.69) is 27.5 Å². The Hall–Kier alpha value is -3.52. The minimum absolute atomic E-state index is 0.233. The molecule has 5 heteroatoms. The Labute approximate surface area is 152 Å². The summed E-state index contributed by atoms with van der Waals surface area (Å²) in [5.74, 6) is 6.44. The third-order valence-corrected chi connectivity index (χ3v) is 3.67. The van der Waals surface area contributed by atoms with Crippen LogP contribution >= 0.6 is 0 Å². The van der Waals surface area contributed by atoms with Crippen molar-refractivity contribution in [2.75, 3.05) is 18.5 Å². The van der Waals surface area contributed by atoms with Crippen LogP contribution in [0, 0.1) is 18.8 Å². The number of anilines is 1. The summed E-state index contributed by atoms with van der Waals surface area (Å²) in [6.07, 6.45) is 1.73. The molecule has 0 bridgehead atoms. The maximum Gasteiger partial charge on any atom is 0.319 e. The van der Waals surface area contributed by atoms with Crippen molar-refractivity contribution in [1.82, 2.24) is 10.3 Å². The number of aromatic nitrogens is 1. The third kappa shape index (κ3) is 4.74. The minimum atomic E-state index is -0.290. The Bertz CT molecular complexity index is 951. The molecule has 0 radical (unpaired) electrons. The summed E-state index contributed by atoms with van der Waals surface area (Å²) in [5.41, 5.74) is 2.70. The molecule has 0 atom stereocenters. The first-order valence-corrected chi connectivity index (χ1v) is 8.26. The van der Waals surface area contributed by atoms with Crippen LogP contribution in [0.15, 0.2) is 60.8 Å². The molecule has 1 heterocycles. The number of benzene rings is 2. The fourth-order valence-corrected chi connectivity index (χ4v) is 2.36. The summed E-state index contributed by atoms with van der Waals surface area (Å²) in [6.45, 7) is 2.47. The highest BCUT2D eigenvalue weighted by atomic mass is 16.5. The number of carbonyl (C=O) groups excluding carboxylic acids is 1. The highest BCUT2D eigenvalue weighted by Gasteiger charge is 2.01. The molecule has 26 heavy (non-hydrogen) atoms. The van der Waals surface area contributed by atoms with Gasteiger partial charge < -0.3 is 15.4 Å². The summed E-state index contributed by atoms with van der Waals surface area (Å²) < 4.78 is 5.67. The molecule has 0 aliphatic heterocycles. The number of nitrogens with one attached hydrogen (secondary N) is 2. The lowest BCUT2D eigenvalue weighted by molar-refractivity contribution is 0.253. The van der Waals surface area contributed by atoms with Gasteiger partial charge in [-0.25, -0.2) is 4.79 Å². The first-order valence-electron chi connectivity index (χ1n) is 8.26. The number of amides is 2. The van der Waals surface area contributed by atoms with Crippen molar-refractivity contribution in [2.45, 2.75) is 6.92 Å². The van der Waals surface area contributed by atoms with Gasteiger partial charge in [-0.3, -0.25) is 4.98 Å². The molecule has 2 amide bonds. The highest BCUT2D eigenvalue weighted by Crippen LogP contribution is 2.22. The summed E-state index contributed by atoms with van der Waals surface area (Å²) >= 11 is 0. The lowest BCUT2D eigenvalue weighted by atomic mass is 10.2. The van der Waals surface area contributed by atoms with Crippen molar-refractivity contribution < 1.29 is 9.53 Å². The van der Waals surface area contributed by atoms with E-state index in [1.807, 2.05) is 61.5 Å². The van der Waals surface area contributed by atoms with E-state index in [-0.39, 0.29) is 19.2 Å². The Morgan fingerprint density at radius 2 is 1.88 bits per heavy atom. The Kier molecular flexibility index (Phi) is 5.69. The molecular formula is C21H19N3O2. The molecule has 0 aliphatic rings. The van der Waals surface area contributed by atoms with Gasteiger partial charge in [-0.15, -0.1) is 0 Å². The van der Waals surface area contributed by atoms with Crippen molar-refractivity contribution in [3.8, 4) is 17.6 Å². The van der Waals surface area contributed by atoms with E-state index >= 15 is 0 Å². The molecule has 3 aromatic rings. The zero-order valence-corrected chi connectivity index (χ0v) is 14.5. The normalized spacial score (nSPS) is 9.88. The average Bonchev–Trinajstić information content (AvgIpc) is 2.66. The quantitative estimate of drug-likeness (QED) is 0.708. The number of para-hydroxylation sites is 1. The monoisotopic (exact) mass is 345 g/mol. The van der Waals surface area contributed by atoms with Crippen molar-refractivity contribution in [2.24, 2.45) is 0 Å². The van der Waals surface area contributed by atoms with Crippen LogP contribution in [0.25, 0.3) is 10.9 Å². The number of aryl methyl sites for hydroxylation is 1. The summed E-state index contributed by atoms with van der Waals surface area (Å²) in [4.78, 5) is 16.1. The number of fused-ring (bicyclic) bond motifs is 1. The number of nitrogens with zero attached hydrogens (tertiary/aromatic N) is 1. The second kappa shape index (κ2) is 8.54. The standard InChI is InChI=1S/C21H19N3O2/c1-16-9-11-18(12-10-16)24-21(25)23-13-2-3-15-26-19-8-4-6-17-7-5-14-22-20(17)19/h4-12,14H,13,15H2,1H3,(H2,23,24,25). The zero-order chi connectivity index (χ0) is 18.2. The maximum absolute atomic E-state index is 11.8. The van der Waals surface area contributed by atoms with Gasteiger partial charge in [-0.2, -0.15) is 0 Å².